The monoisotopic (exact) mass is 545 g/mol. The van der Waals surface area contributed by atoms with Gasteiger partial charge in [-0.3, -0.25) is 0 Å². The molecule has 0 spiro atoms. The van der Waals surface area contributed by atoms with Crippen LogP contribution in [0.2, 0.25) is 5.02 Å². The summed E-state index contributed by atoms with van der Waals surface area (Å²) in [7, 11) is 0. The molecule has 0 amide bonds. The lowest BCUT2D eigenvalue weighted by Crippen LogP contribution is -2.21. The van der Waals surface area contributed by atoms with Crippen molar-refractivity contribution in [3.63, 3.8) is 0 Å². The first kappa shape index (κ1) is 26.8. The number of fused-ring (bicyclic) bond motifs is 1. The van der Waals surface area contributed by atoms with E-state index in [-0.39, 0.29) is 0 Å². The van der Waals surface area contributed by atoms with Crippen molar-refractivity contribution in [2.24, 2.45) is 30.7 Å². The normalized spacial score (nSPS) is 11.8. The maximum Gasteiger partial charge on any atom is 0.0936 e. The number of hydrogen-bond acceptors (Lipinski definition) is 7. The Labute approximate surface area is 238 Å². The second-order valence-electron chi connectivity index (χ2n) is 8.93. The fourth-order valence-electron chi connectivity index (χ4n) is 4.19. The van der Waals surface area contributed by atoms with Gasteiger partial charge in [-0.15, -0.1) is 10.2 Å². The highest BCUT2D eigenvalue weighted by atomic mass is 35.5. The van der Waals surface area contributed by atoms with Gasteiger partial charge in [-0.25, -0.2) is 0 Å². The molecule has 198 valence electrons. The highest BCUT2D eigenvalue weighted by molar-refractivity contribution is 6.30. The van der Waals surface area contributed by atoms with Crippen molar-refractivity contribution >= 4 is 62.2 Å². The molecule has 0 radical (unpaired) electrons. The highest BCUT2D eigenvalue weighted by Crippen LogP contribution is 2.35. The molecule has 5 aromatic carbocycles. The van der Waals surface area contributed by atoms with Crippen molar-refractivity contribution in [3.8, 4) is 0 Å². The Kier molecular flexibility index (Phi) is 8.63. The molecule has 0 aliphatic heterocycles. The number of azo groups is 3. The summed E-state index contributed by atoms with van der Waals surface area (Å²) < 4.78 is 0. The Morgan fingerprint density at radius 2 is 0.850 bits per heavy atom. The van der Waals surface area contributed by atoms with Crippen LogP contribution in [0.5, 0.6) is 0 Å². The number of nitrogens with zero attached hydrogens (tertiary/aromatic N) is 7. The van der Waals surface area contributed by atoms with E-state index in [0.29, 0.717) is 10.7 Å². The van der Waals surface area contributed by atoms with E-state index < -0.39 is 0 Å². The average Bonchev–Trinajstić information content (AvgIpc) is 3.00. The van der Waals surface area contributed by atoms with Crippen molar-refractivity contribution in [2.45, 2.75) is 13.8 Å². The minimum Gasteiger partial charge on any atom is -0.372 e. The zero-order valence-electron chi connectivity index (χ0n) is 22.3. The van der Waals surface area contributed by atoms with Crippen LogP contribution in [0.15, 0.2) is 140 Å². The summed E-state index contributed by atoms with van der Waals surface area (Å²) in [5.74, 6) is 0. The summed E-state index contributed by atoms with van der Waals surface area (Å²) >= 11 is 5.92. The van der Waals surface area contributed by atoms with E-state index in [1.165, 1.54) is 5.69 Å². The summed E-state index contributed by atoms with van der Waals surface area (Å²) in [5.41, 5.74) is 5.68. The zero-order chi connectivity index (χ0) is 27.7. The van der Waals surface area contributed by atoms with E-state index in [9.17, 15) is 0 Å². The van der Waals surface area contributed by atoms with Crippen LogP contribution in [0.25, 0.3) is 10.8 Å². The molecular weight excluding hydrogens is 518 g/mol. The van der Waals surface area contributed by atoms with Crippen LogP contribution in [-0.4, -0.2) is 13.1 Å². The van der Waals surface area contributed by atoms with Crippen LogP contribution in [0.4, 0.5) is 39.8 Å². The van der Waals surface area contributed by atoms with Gasteiger partial charge in [0.25, 0.3) is 0 Å². The Morgan fingerprint density at radius 3 is 1.27 bits per heavy atom. The minimum atomic E-state index is 0.664. The summed E-state index contributed by atoms with van der Waals surface area (Å²) in [6.45, 7) is 6.24. The van der Waals surface area contributed by atoms with Crippen molar-refractivity contribution in [1.82, 2.24) is 0 Å². The van der Waals surface area contributed by atoms with E-state index in [2.05, 4.69) is 61.6 Å². The van der Waals surface area contributed by atoms with Crippen LogP contribution >= 0.6 is 11.6 Å². The quantitative estimate of drug-likeness (QED) is 0.170. The molecule has 0 aromatic heterocycles. The molecule has 8 heteroatoms. The summed E-state index contributed by atoms with van der Waals surface area (Å²) in [5, 5.41) is 29.0. The van der Waals surface area contributed by atoms with Gasteiger partial charge in [0, 0.05) is 34.6 Å². The lowest BCUT2D eigenvalue weighted by Gasteiger charge is -2.20. The topological polar surface area (TPSA) is 77.4 Å². The molecule has 0 saturated carbocycles. The van der Waals surface area contributed by atoms with Crippen LogP contribution in [0.3, 0.4) is 0 Å². The number of rotatable bonds is 9. The van der Waals surface area contributed by atoms with Crippen LogP contribution in [0.1, 0.15) is 13.8 Å². The van der Waals surface area contributed by atoms with Gasteiger partial charge < -0.3 is 4.90 Å². The predicted octanol–water partition coefficient (Wildman–Crippen LogP) is 11.6. The van der Waals surface area contributed by atoms with E-state index in [1.54, 1.807) is 12.1 Å². The van der Waals surface area contributed by atoms with Gasteiger partial charge in [-0.1, -0.05) is 35.9 Å². The number of anilines is 1. The maximum atomic E-state index is 5.92. The fourth-order valence-corrected chi connectivity index (χ4v) is 4.32. The number of benzene rings is 5. The van der Waals surface area contributed by atoms with Gasteiger partial charge in [0.15, 0.2) is 0 Å². The lowest BCUT2D eigenvalue weighted by atomic mass is 10.1. The standard InChI is InChI=1S/C32H28ClN7/c1-3-40(4-2)28-19-17-27(18-20-28)37-39-32-22-21-31(29-7-5-6-8-30(29)32)38-36-26-15-13-25(14-16-26)35-34-24-11-9-23(33)10-12-24/h5-22H,3-4H2,1-2H3. The molecular formula is C32H28ClN7. The van der Waals surface area contributed by atoms with Gasteiger partial charge >= 0.3 is 0 Å². The summed E-state index contributed by atoms with van der Waals surface area (Å²) in [4.78, 5) is 2.30. The number of halogens is 1. The molecule has 0 aliphatic carbocycles. The zero-order valence-corrected chi connectivity index (χ0v) is 23.1. The third-order valence-corrected chi connectivity index (χ3v) is 6.61. The smallest absolute Gasteiger partial charge is 0.0936 e. The van der Waals surface area contributed by atoms with E-state index in [1.807, 2.05) is 84.9 Å². The van der Waals surface area contributed by atoms with Crippen molar-refractivity contribution in [2.75, 3.05) is 18.0 Å². The molecule has 0 heterocycles. The molecule has 5 aromatic rings. The third-order valence-electron chi connectivity index (χ3n) is 6.36. The molecule has 0 N–H and O–H groups in total. The molecule has 0 unspecified atom stereocenters. The molecule has 7 nitrogen and oxygen atoms in total. The molecule has 0 fully saturated rings. The predicted molar refractivity (Wildman–Crippen MR) is 164 cm³/mol. The van der Waals surface area contributed by atoms with E-state index in [0.717, 1.165) is 52.3 Å². The van der Waals surface area contributed by atoms with Gasteiger partial charge in [0.05, 0.1) is 34.1 Å². The Morgan fingerprint density at radius 1 is 0.475 bits per heavy atom. The average molecular weight is 546 g/mol. The second-order valence-corrected chi connectivity index (χ2v) is 9.37. The van der Waals surface area contributed by atoms with Gasteiger partial charge in [-0.2, -0.15) is 20.5 Å². The van der Waals surface area contributed by atoms with E-state index in [4.69, 9.17) is 11.6 Å². The SMILES string of the molecule is CCN(CC)c1ccc(N=Nc2ccc(N=Nc3ccc(N=Nc4ccc(Cl)cc4)cc3)c3ccccc23)cc1. The summed E-state index contributed by atoms with van der Waals surface area (Å²) in [6.07, 6.45) is 0. The molecule has 0 bridgehead atoms. The van der Waals surface area contributed by atoms with Crippen molar-refractivity contribution < 1.29 is 0 Å². The Balaban J connectivity index is 1.31. The number of hydrogen-bond donors (Lipinski definition) is 0. The first-order chi connectivity index (χ1) is 19.6. The summed E-state index contributed by atoms with van der Waals surface area (Å²) in [6, 6.07) is 34.6. The van der Waals surface area contributed by atoms with Crippen LogP contribution < -0.4 is 4.90 Å². The second kappa shape index (κ2) is 12.9. The first-order valence-electron chi connectivity index (χ1n) is 13.1. The van der Waals surface area contributed by atoms with E-state index >= 15 is 0 Å². The van der Waals surface area contributed by atoms with Gasteiger partial charge in [-0.05, 0) is 98.8 Å². The largest absolute Gasteiger partial charge is 0.372 e. The third kappa shape index (κ3) is 6.62. The maximum absolute atomic E-state index is 5.92. The minimum absolute atomic E-state index is 0.664. The fraction of sp³-hybridized carbons (Fsp3) is 0.125. The first-order valence-corrected chi connectivity index (χ1v) is 13.5. The van der Waals surface area contributed by atoms with Crippen molar-refractivity contribution in [1.29, 1.82) is 0 Å². The van der Waals surface area contributed by atoms with Crippen LogP contribution in [-0.2, 0) is 0 Å². The molecule has 5 rings (SSSR count). The molecule has 0 aliphatic rings. The highest BCUT2D eigenvalue weighted by Gasteiger charge is 2.06. The van der Waals surface area contributed by atoms with Gasteiger partial charge in [0.2, 0.25) is 0 Å². The Hall–Kier alpha value is -4.75. The molecule has 0 atom stereocenters. The Bertz CT molecular complexity index is 1660. The molecule has 0 saturated heterocycles. The van der Waals surface area contributed by atoms with Gasteiger partial charge in [0.1, 0.15) is 0 Å². The van der Waals surface area contributed by atoms with Crippen molar-refractivity contribution in [3.05, 3.63) is 114 Å². The lowest BCUT2D eigenvalue weighted by molar-refractivity contribution is 0.866. The van der Waals surface area contributed by atoms with Crippen LogP contribution in [0, 0.1) is 0 Å². The molecule has 40 heavy (non-hydrogen) atoms.